The van der Waals surface area contributed by atoms with Crippen molar-refractivity contribution in [3.05, 3.63) is 64.0 Å². The quantitative estimate of drug-likeness (QED) is 0.608. The van der Waals surface area contributed by atoms with Crippen LogP contribution in [0.3, 0.4) is 0 Å². The summed E-state index contributed by atoms with van der Waals surface area (Å²) in [6, 6.07) is 13.4. The van der Waals surface area contributed by atoms with E-state index in [0.29, 0.717) is 22.9 Å². The highest BCUT2D eigenvalue weighted by Crippen LogP contribution is 2.29. The minimum atomic E-state index is -0.00715. The molecule has 0 aliphatic carbocycles. The predicted octanol–water partition coefficient (Wildman–Crippen LogP) is 5.34. The standard InChI is InChI=1S/C17H13ClO2S/c1-11(19)12-6-7-16(15(18)8-12)20-9-13-10-21-17-5-3-2-4-14(13)17/h2-8,10H,9H2,1H3. The van der Waals surface area contributed by atoms with E-state index in [0.717, 1.165) is 5.56 Å². The Morgan fingerprint density at radius 1 is 1.24 bits per heavy atom. The third-order valence-corrected chi connectivity index (χ3v) is 4.59. The molecule has 2 nitrogen and oxygen atoms in total. The highest BCUT2D eigenvalue weighted by atomic mass is 35.5. The number of rotatable bonds is 4. The Hall–Kier alpha value is -1.84. The third-order valence-electron chi connectivity index (χ3n) is 3.28. The van der Waals surface area contributed by atoms with E-state index < -0.39 is 0 Å². The van der Waals surface area contributed by atoms with E-state index in [-0.39, 0.29) is 5.78 Å². The van der Waals surface area contributed by atoms with Crippen LogP contribution >= 0.6 is 22.9 Å². The molecule has 0 spiro atoms. The van der Waals surface area contributed by atoms with Gasteiger partial charge in [0.15, 0.2) is 5.78 Å². The van der Waals surface area contributed by atoms with Gasteiger partial charge in [0.25, 0.3) is 0 Å². The van der Waals surface area contributed by atoms with Crippen LogP contribution in [0.1, 0.15) is 22.8 Å². The number of hydrogen-bond donors (Lipinski definition) is 0. The summed E-state index contributed by atoms with van der Waals surface area (Å²) in [7, 11) is 0. The van der Waals surface area contributed by atoms with Crippen molar-refractivity contribution in [2.75, 3.05) is 0 Å². The first kappa shape index (κ1) is 14.1. The van der Waals surface area contributed by atoms with Crippen molar-refractivity contribution in [2.24, 2.45) is 0 Å². The first-order chi connectivity index (χ1) is 10.1. The van der Waals surface area contributed by atoms with Gasteiger partial charge in [-0.3, -0.25) is 4.79 Å². The number of carbonyl (C=O) groups is 1. The molecular weight excluding hydrogens is 304 g/mol. The second-order valence-electron chi connectivity index (χ2n) is 4.75. The van der Waals surface area contributed by atoms with Crippen molar-refractivity contribution >= 4 is 38.8 Å². The first-order valence-electron chi connectivity index (χ1n) is 6.53. The Labute approximate surface area is 131 Å². The molecule has 106 valence electrons. The number of Topliss-reactive ketones (excluding diaryl/α,β-unsaturated/α-hetero) is 1. The maximum Gasteiger partial charge on any atom is 0.159 e. The number of carbonyl (C=O) groups excluding carboxylic acids is 1. The molecule has 4 heteroatoms. The minimum Gasteiger partial charge on any atom is -0.487 e. The molecule has 1 heterocycles. The third kappa shape index (κ3) is 2.94. The van der Waals surface area contributed by atoms with Crippen molar-refractivity contribution in [1.82, 2.24) is 0 Å². The lowest BCUT2D eigenvalue weighted by molar-refractivity contribution is 0.101. The Bertz CT molecular complexity index is 807. The van der Waals surface area contributed by atoms with E-state index >= 15 is 0 Å². The number of ketones is 1. The van der Waals surface area contributed by atoms with Crippen molar-refractivity contribution in [1.29, 1.82) is 0 Å². The minimum absolute atomic E-state index is 0.00715. The van der Waals surface area contributed by atoms with E-state index in [4.69, 9.17) is 16.3 Å². The van der Waals surface area contributed by atoms with E-state index in [1.54, 1.807) is 29.5 Å². The summed E-state index contributed by atoms with van der Waals surface area (Å²) in [5.41, 5.74) is 1.73. The molecule has 0 bridgehead atoms. The van der Waals surface area contributed by atoms with E-state index in [9.17, 15) is 4.79 Å². The second kappa shape index (κ2) is 5.88. The molecule has 0 N–H and O–H groups in total. The first-order valence-corrected chi connectivity index (χ1v) is 7.79. The van der Waals surface area contributed by atoms with Crippen molar-refractivity contribution in [3.8, 4) is 5.75 Å². The zero-order valence-corrected chi connectivity index (χ0v) is 13.0. The van der Waals surface area contributed by atoms with Crippen LogP contribution in [0.5, 0.6) is 5.75 Å². The SMILES string of the molecule is CC(=O)c1ccc(OCc2csc3ccccc23)c(Cl)c1. The summed E-state index contributed by atoms with van der Waals surface area (Å²) in [4.78, 5) is 11.3. The molecule has 0 unspecified atom stereocenters. The second-order valence-corrected chi connectivity index (χ2v) is 6.07. The number of ether oxygens (including phenoxy) is 1. The molecule has 3 rings (SSSR count). The Balaban J connectivity index is 1.80. The largest absolute Gasteiger partial charge is 0.487 e. The number of hydrogen-bond acceptors (Lipinski definition) is 3. The molecule has 0 radical (unpaired) electrons. The summed E-state index contributed by atoms with van der Waals surface area (Å²) in [6.07, 6.45) is 0. The number of fused-ring (bicyclic) bond motifs is 1. The van der Waals surface area contributed by atoms with Crippen LogP contribution in [0.2, 0.25) is 5.02 Å². The fourth-order valence-electron chi connectivity index (χ4n) is 2.14. The zero-order valence-electron chi connectivity index (χ0n) is 11.4. The van der Waals surface area contributed by atoms with Crippen molar-refractivity contribution in [2.45, 2.75) is 13.5 Å². The average Bonchev–Trinajstić information content (AvgIpc) is 2.89. The van der Waals surface area contributed by atoms with Gasteiger partial charge in [0.05, 0.1) is 5.02 Å². The summed E-state index contributed by atoms with van der Waals surface area (Å²) in [6.45, 7) is 1.98. The van der Waals surface area contributed by atoms with Gasteiger partial charge in [-0.1, -0.05) is 29.8 Å². The summed E-state index contributed by atoms with van der Waals surface area (Å²) in [5, 5.41) is 3.77. The van der Waals surface area contributed by atoms with Gasteiger partial charge in [-0.15, -0.1) is 11.3 Å². The van der Waals surface area contributed by atoms with Gasteiger partial charge in [-0.05, 0) is 42.0 Å². The van der Waals surface area contributed by atoms with Crippen LogP contribution in [-0.2, 0) is 6.61 Å². The van der Waals surface area contributed by atoms with Crippen LogP contribution in [-0.4, -0.2) is 5.78 Å². The normalized spacial score (nSPS) is 10.8. The summed E-state index contributed by atoms with van der Waals surface area (Å²) in [5.74, 6) is 0.587. The molecule has 1 aromatic heterocycles. The monoisotopic (exact) mass is 316 g/mol. The molecule has 21 heavy (non-hydrogen) atoms. The number of halogens is 1. The molecule has 0 fully saturated rings. The van der Waals surface area contributed by atoms with Gasteiger partial charge >= 0.3 is 0 Å². The number of benzene rings is 2. The van der Waals surface area contributed by atoms with Crippen molar-refractivity contribution in [3.63, 3.8) is 0 Å². The summed E-state index contributed by atoms with van der Waals surface area (Å²) < 4.78 is 7.03. The summed E-state index contributed by atoms with van der Waals surface area (Å²) >= 11 is 7.86. The molecule has 0 aliphatic heterocycles. The molecule has 0 saturated heterocycles. The van der Waals surface area contributed by atoms with Crippen LogP contribution in [0.4, 0.5) is 0 Å². The predicted molar refractivity (Wildman–Crippen MR) is 87.6 cm³/mol. The smallest absolute Gasteiger partial charge is 0.159 e. The molecule has 2 aromatic carbocycles. The Morgan fingerprint density at radius 3 is 2.81 bits per heavy atom. The van der Waals surface area contributed by atoms with Crippen LogP contribution in [0, 0.1) is 0 Å². The topological polar surface area (TPSA) is 26.3 Å². The maximum atomic E-state index is 11.3. The molecule has 0 amide bonds. The molecule has 0 aliphatic rings. The average molecular weight is 317 g/mol. The van der Waals surface area contributed by atoms with Gasteiger partial charge in [0, 0.05) is 15.8 Å². The van der Waals surface area contributed by atoms with Gasteiger partial charge < -0.3 is 4.74 Å². The Kier molecular flexibility index (Phi) is 3.95. The fourth-order valence-corrected chi connectivity index (χ4v) is 3.32. The lowest BCUT2D eigenvalue weighted by Gasteiger charge is -2.08. The molecule has 0 atom stereocenters. The van der Waals surface area contributed by atoms with Gasteiger partial charge in [0.2, 0.25) is 0 Å². The maximum absolute atomic E-state index is 11.3. The Morgan fingerprint density at radius 2 is 2.05 bits per heavy atom. The highest BCUT2D eigenvalue weighted by molar-refractivity contribution is 7.17. The molecule has 0 saturated carbocycles. The van der Waals surface area contributed by atoms with Gasteiger partial charge in [0.1, 0.15) is 12.4 Å². The fraction of sp³-hybridized carbons (Fsp3) is 0.118. The molecular formula is C17H13ClO2S. The van der Waals surface area contributed by atoms with E-state index in [1.165, 1.54) is 17.0 Å². The van der Waals surface area contributed by atoms with Crippen molar-refractivity contribution < 1.29 is 9.53 Å². The van der Waals surface area contributed by atoms with Crippen LogP contribution in [0.15, 0.2) is 47.8 Å². The molecule has 3 aromatic rings. The zero-order chi connectivity index (χ0) is 14.8. The van der Waals surface area contributed by atoms with E-state index in [1.807, 2.05) is 12.1 Å². The number of thiophene rings is 1. The highest BCUT2D eigenvalue weighted by Gasteiger charge is 2.08. The van der Waals surface area contributed by atoms with E-state index in [2.05, 4.69) is 17.5 Å². The van der Waals surface area contributed by atoms with Gasteiger partial charge in [-0.25, -0.2) is 0 Å². The van der Waals surface area contributed by atoms with Gasteiger partial charge in [-0.2, -0.15) is 0 Å². The lowest BCUT2D eigenvalue weighted by atomic mass is 10.1. The van der Waals surface area contributed by atoms with Crippen LogP contribution in [0.25, 0.3) is 10.1 Å². The van der Waals surface area contributed by atoms with Crippen LogP contribution < -0.4 is 4.74 Å². The lowest BCUT2D eigenvalue weighted by Crippen LogP contribution is -1.97.